The van der Waals surface area contributed by atoms with E-state index in [2.05, 4.69) is 21.8 Å². The van der Waals surface area contributed by atoms with E-state index in [1.54, 1.807) is 24.7 Å². The van der Waals surface area contributed by atoms with Crippen LogP contribution in [0.25, 0.3) is 11.0 Å². The number of aromatic nitrogens is 3. The lowest BCUT2D eigenvalue weighted by Gasteiger charge is -1.93. The second kappa shape index (κ2) is 5.22. The average Bonchev–Trinajstić information content (AvgIpc) is 2.88. The highest BCUT2D eigenvalue weighted by Gasteiger charge is 2.06. The van der Waals surface area contributed by atoms with E-state index in [-0.39, 0.29) is 0 Å². The molecule has 0 radical (unpaired) electrons. The third-order valence-corrected chi connectivity index (χ3v) is 4.70. The van der Waals surface area contributed by atoms with Crippen molar-refractivity contribution in [2.24, 2.45) is 0 Å². The van der Waals surface area contributed by atoms with Crippen LogP contribution >= 0.6 is 7.92 Å². The quantitative estimate of drug-likeness (QED) is 0.695. The van der Waals surface area contributed by atoms with Crippen LogP contribution in [0, 0.1) is 0 Å². The molecule has 0 bridgehead atoms. The molecular weight excluding hydrogens is 205 g/mol. The zero-order chi connectivity index (χ0) is 10.5. The van der Waals surface area contributed by atoms with Crippen molar-refractivity contribution in [3.05, 3.63) is 24.5 Å². The van der Waals surface area contributed by atoms with Gasteiger partial charge < -0.3 is 0 Å². The number of nitrogens with zero attached hydrogens (tertiary/aromatic N) is 2. The number of pyridine rings is 1. The fourth-order valence-corrected chi connectivity index (χ4v) is 3.40. The normalized spacial score (nSPS) is 16.3. The highest BCUT2D eigenvalue weighted by molar-refractivity contribution is 7.57. The number of fused-ring (bicyclic) bond motifs is 1. The molecule has 80 valence electrons. The van der Waals surface area contributed by atoms with Crippen molar-refractivity contribution < 1.29 is 0 Å². The van der Waals surface area contributed by atoms with Gasteiger partial charge in [0.05, 0.1) is 6.20 Å². The number of hydrogen-bond acceptors (Lipinski definition) is 2. The van der Waals surface area contributed by atoms with Gasteiger partial charge in [-0.2, -0.15) is 5.10 Å². The molecule has 0 saturated carbocycles. The Morgan fingerprint density at radius 2 is 2.13 bits per heavy atom. The summed E-state index contributed by atoms with van der Waals surface area (Å²) in [5.74, 6) is 0. The Morgan fingerprint density at radius 3 is 2.73 bits per heavy atom. The van der Waals surface area contributed by atoms with Crippen molar-refractivity contribution in [3.63, 3.8) is 0 Å². The number of hydrogen-bond donors (Lipinski definition) is 1. The molecule has 0 amide bonds. The Bertz CT molecular complexity index is 377. The number of aromatic amines is 1. The molecule has 3 nitrogen and oxygen atoms in total. The van der Waals surface area contributed by atoms with E-state index in [1.807, 2.05) is 12.1 Å². The summed E-state index contributed by atoms with van der Waals surface area (Å²) >= 11 is 0. The Kier molecular flexibility index (Phi) is 3.68. The summed E-state index contributed by atoms with van der Waals surface area (Å²) in [6.45, 7) is 2.41. The highest BCUT2D eigenvalue weighted by atomic mass is 31.1. The largest absolute Gasteiger partial charge is 0.261 e. The van der Waals surface area contributed by atoms with Gasteiger partial charge in [-0.05, 0) is 44.0 Å². The Morgan fingerprint density at radius 1 is 1.33 bits per heavy atom. The van der Waals surface area contributed by atoms with Gasteiger partial charge in [0.2, 0.25) is 0 Å². The fourth-order valence-electron chi connectivity index (χ4n) is 1.65. The van der Waals surface area contributed by atoms with E-state index in [0.717, 1.165) is 11.0 Å². The molecule has 3 heterocycles. The zero-order valence-corrected chi connectivity index (χ0v) is 9.87. The molecule has 0 aliphatic carbocycles. The maximum atomic E-state index is 4.02. The van der Waals surface area contributed by atoms with Crippen LogP contribution in [0.3, 0.4) is 0 Å². The van der Waals surface area contributed by atoms with E-state index in [1.165, 1.54) is 12.8 Å². The van der Waals surface area contributed by atoms with Gasteiger partial charge in [-0.3, -0.25) is 5.10 Å². The molecular formula is C11H16N3P. The Labute approximate surface area is 91.1 Å². The first-order valence-electron chi connectivity index (χ1n) is 5.29. The second-order valence-corrected chi connectivity index (χ2v) is 6.43. The summed E-state index contributed by atoms with van der Waals surface area (Å²) in [6.07, 6.45) is 9.62. The standard InChI is InChI=1S/C6H5N3.C5H11P/c1-2-5-4-8-9-6(5)7-3-1;1-6-4-2-3-5-6/h1-4H,(H,7,8,9);2-5H2,1H3. The van der Waals surface area contributed by atoms with E-state index in [0.29, 0.717) is 7.92 Å². The van der Waals surface area contributed by atoms with Gasteiger partial charge in [0.1, 0.15) is 0 Å². The van der Waals surface area contributed by atoms with Crippen LogP contribution in [0.15, 0.2) is 24.5 Å². The third-order valence-electron chi connectivity index (χ3n) is 2.54. The van der Waals surface area contributed by atoms with Crippen molar-refractivity contribution in [1.29, 1.82) is 0 Å². The molecule has 0 atom stereocenters. The van der Waals surface area contributed by atoms with Crippen LogP contribution in [-0.4, -0.2) is 34.2 Å². The van der Waals surface area contributed by atoms with Crippen LogP contribution in [-0.2, 0) is 0 Å². The topological polar surface area (TPSA) is 41.6 Å². The summed E-state index contributed by atoms with van der Waals surface area (Å²) in [6, 6.07) is 3.85. The third kappa shape index (κ3) is 3.00. The van der Waals surface area contributed by atoms with Crippen molar-refractivity contribution in [1.82, 2.24) is 15.2 Å². The molecule has 4 heteroatoms. The lowest BCUT2D eigenvalue weighted by atomic mass is 10.4. The SMILES string of the molecule is CP1CCCC1.c1cnc2[nH]ncc2c1. The molecule has 2 aromatic rings. The lowest BCUT2D eigenvalue weighted by molar-refractivity contribution is 0.949. The minimum Gasteiger partial charge on any atom is -0.261 e. The summed E-state index contributed by atoms with van der Waals surface area (Å²) in [5.41, 5.74) is 0.845. The van der Waals surface area contributed by atoms with E-state index in [9.17, 15) is 0 Å². The van der Waals surface area contributed by atoms with Gasteiger partial charge in [-0.1, -0.05) is 0 Å². The summed E-state index contributed by atoms with van der Waals surface area (Å²) in [4.78, 5) is 4.02. The van der Waals surface area contributed by atoms with E-state index in [4.69, 9.17) is 0 Å². The van der Waals surface area contributed by atoms with Crippen molar-refractivity contribution in [3.8, 4) is 0 Å². The highest BCUT2D eigenvalue weighted by Crippen LogP contribution is 2.38. The molecule has 1 saturated heterocycles. The number of H-pyrrole nitrogens is 1. The van der Waals surface area contributed by atoms with Gasteiger partial charge in [-0.25, -0.2) is 4.98 Å². The van der Waals surface area contributed by atoms with Crippen molar-refractivity contribution in [2.45, 2.75) is 12.8 Å². The van der Waals surface area contributed by atoms with Crippen LogP contribution in [0.5, 0.6) is 0 Å². The molecule has 15 heavy (non-hydrogen) atoms. The van der Waals surface area contributed by atoms with Gasteiger partial charge in [-0.15, -0.1) is 7.92 Å². The molecule has 3 rings (SSSR count). The molecule has 1 N–H and O–H groups in total. The van der Waals surface area contributed by atoms with Crippen LogP contribution < -0.4 is 0 Å². The number of rotatable bonds is 0. The minimum absolute atomic E-state index is 0.535. The molecule has 1 aliphatic rings. The molecule has 1 fully saturated rings. The fraction of sp³-hybridized carbons (Fsp3) is 0.455. The first-order chi connectivity index (χ1) is 7.36. The van der Waals surface area contributed by atoms with Crippen molar-refractivity contribution in [2.75, 3.05) is 19.0 Å². The van der Waals surface area contributed by atoms with Crippen LogP contribution in [0.2, 0.25) is 0 Å². The van der Waals surface area contributed by atoms with Crippen molar-refractivity contribution >= 4 is 19.0 Å². The van der Waals surface area contributed by atoms with Gasteiger partial charge >= 0.3 is 0 Å². The molecule has 1 aliphatic heterocycles. The summed E-state index contributed by atoms with van der Waals surface area (Å²) in [7, 11) is 0.535. The second-order valence-electron chi connectivity index (χ2n) is 3.82. The zero-order valence-electron chi connectivity index (χ0n) is 8.98. The monoisotopic (exact) mass is 221 g/mol. The predicted octanol–water partition coefficient (Wildman–Crippen LogP) is 2.85. The summed E-state index contributed by atoms with van der Waals surface area (Å²) < 4.78 is 0. The Balaban J connectivity index is 0.000000124. The maximum absolute atomic E-state index is 4.02. The Hall–Kier alpha value is -0.950. The first kappa shape index (κ1) is 10.6. The van der Waals surface area contributed by atoms with Gasteiger partial charge in [0.15, 0.2) is 5.65 Å². The van der Waals surface area contributed by atoms with E-state index < -0.39 is 0 Å². The minimum atomic E-state index is 0.535. The molecule has 0 unspecified atom stereocenters. The summed E-state index contributed by atoms with van der Waals surface area (Å²) in [5, 5.41) is 7.63. The average molecular weight is 221 g/mol. The smallest absolute Gasteiger partial charge is 0.155 e. The molecule has 0 spiro atoms. The van der Waals surface area contributed by atoms with Crippen LogP contribution in [0.4, 0.5) is 0 Å². The first-order valence-corrected chi connectivity index (χ1v) is 7.45. The lowest BCUT2D eigenvalue weighted by Crippen LogP contribution is -1.71. The van der Waals surface area contributed by atoms with Gasteiger partial charge in [0.25, 0.3) is 0 Å². The molecule has 2 aromatic heterocycles. The number of nitrogens with one attached hydrogen (secondary N) is 1. The molecule has 0 aromatic carbocycles. The van der Waals surface area contributed by atoms with E-state index >= 15 is 0 Å². The maximum Gasteiger partial charge on any atom is 0.155 e. The van der Waals surface area contributed by atoms with Gasteiger partial charge in [0, 0.05) is 11.6 Å². The predicted molar refractivity (Wildman–Crippen MR) is 65.7 cm³/mol. The van der Waals surface area contributed by atoms with Crippen LogP contribution in [0.1, 0.15) is 12.8 Å².